The highest BCUT2D eigenvalue weighted by Crippen LogP contribution is 2.45. The van der Waals surface area contributed by atoms with E-state index in [2.05, 4.69) is 17.2 Å². The van der Waals surface area contributed by atoms with Crippen LogP contribution in [0.15, 0.2) is 61.2 Å². The second-order valence-corrected chi connectivity index (χ2v) is 19.3. The number of pyridine rings is 1. The summed E-state index contributed by atoms with van der Waals surface area (Å²) in [6, 6.07) is 13.0. The predicted octanol–water partition coefficient (Wildman–Crippen LogP) is 6.36. The van der Waals surface area contributed by atoms with Gasteiger partial charge in [-0.3, -0.25) is 9.59 Å². The standard InChI is InChI=1S/C41H51N4O9P/c1-7-28-21-41(28,39(48)49)44-36(46)34-20-31(22-45(34)38(47)35(24(2)3)43-40(50)54-29-10-8-9-11-29)53-37-32-17-16-30(52-23-55(5,6)51)18-27(32)19-33(42-37)26-14-12-25(4)13-15-26/h7,12-19,24,28-29,31,34-35H,1,8-11,20-23H2,2-6H3,(H,43,50)(H,44,46)(H,48,49). The Kier molecular flexibility index (Phi) is 11.6. The predicted molar refractivity (Wildman–Crippen MR) is 209 cm³/mol. The van der Waals surface area contributed by atoms with Crippen LogP contribution in [0.5, 0.6) is 11.6 Å². The number of nitrogens with one attached hydrogen (secondary N) is 2. The van der Waals surface area contributed by atoms with Gasteiger partial charge in [0.05, 0.1) is 12.2 Å². The van der Waals surface area contributed by atoms with Gasteiger partial charge in [0.15, 0.2) is 0 Å². The van der Waals surface area contributed by atoms with E-state index in [0.717, 1.165) is 42.2 Å². The third-order valence-electron chi connectivity index (χ3n) is 10.6. The highest BCUT2D eigenvalue weighted by atomic mass is 31.2. The van der Waals surface area contributed by atoms with Gasteiger partial charge in [-0.05, 0) is 87.9 Å². The van der Waals surface area contributed by atoms with Gasteiger partial charge in [0, 0.05) is 23.3 Å². The van der Waals surface area contributed by atoms with Crippen molar-refractivity contribution in [1.82, 2.24) is 20.5 Å². The zero-order chi connectivity index (χ0) is 39.7. The van der Waals surface area contributed by atoms with Crippen molar-refractivity contribution in [1.29, 1.82) is 0 Å². The number of alkyl carbamates (subject to hydrolysis) is 1. The van der Waals surface area contributed by atoms with E-state index in [-0.39, 0.29) is 43.6 Å². The molecule has 14 heteroatoms. The molecule has 3 aromatic rings. The average molecular weight is 775 g/mol. The van der Waals surface area contributed by atoms with Crippen LogP contribution < -0.4 is 20.1 Å². The van der Waals surface area contributed by atoms with Crippen LogP contribution in [-0.4, -0.2) is 94.9 Å². The Morgan fingerprint density at radius 1 is 1.07 bits per heavy atom. The summed E-state index contributed by atoms with van der Waals surface area (Å²) in [7, 11) is -2.45. The first-order valence-electron chi connectivity index (χ1n) is 18.9. The number of hydrogen-bond acceptors (Lipinski definition) is 9. The maximum Gasteiger partial charge on any atom is 0.408 e. The van der Waals surface area contributed by atoms with Gasteiger partial charge in [0.1, 0.15) is 49.1 Å². The Hall–Kier alpha value is -4.90. The minimum Gasteiger partial charge on any atom is -0.486 e. The van der Waals surface area contributed by atoms with Crippen molar-refractivity contribution in [2.24, 2.45) is 11.8 Å². The molecule has 0 radical (unpaired) electrons. The molecule has 2 aliphatic carbocycles. The lowest BCUT2D eigenvalue weighted by molar-refractivity contribution is -0.145. The Balaban J connectivity index is 1.32. The molecular weight excluding hydrogens is 723 g/mol. The van der Waals surface area contributed by atoms with Gasteiger partial charge < -0.3 is 39.4 Å². The van der Waals surface area contributed by atoms with E-state index in [1.54, 1.807) is 39.3 Å². The summed E-state index contributed by atoms with van der Waals surface area (Å²) < 4.78 is 30.5. The molecule has 1 aliphatic heterocycles. The summed E-state index contributed by atoms with van der Waals surface area (Å²) in [5.41, 5.74) is 1.02. The van der Waals surface area contributed by atoms with Gasteiger partial charge in [-0.2, -0.15) is 0 Å². The topological polar surface area (TPSA) is 173 Å². The number of rotatable bonds is 14. The zero-order valence-electron chi connectivity index (χ0n) is 32.1. The molecule has 0 bridgehead atoms. The van der Waals surface area contributed by atoms with Crippen LogP contribution in [-0.2, 0) is 23.7 Å². The fourth-order valence-corrected chi connectivity index (χ4v) is 7.81. The minimum atomic E-state index is -2.45. The van der Waals surface area contributed by atoms with Gasteiger partial charge in [-0.1, -0.05) is 49.8 Å². The molecule has 2 heterocycles. The maximum absolute atomic E-state index is 14.4. The number of carbonyl (C=O) groups is 4. The van der Waals surface area contributed by atoms with Crippen molar-refractivity contribution >= 4 is 41.8 Å². The van der Waals surface area contributed by atoms with E-state index in [1.165, 1.54) is 11.0 Å². The minimum absolute atomic E-state index is 0.0325. The number of amides is 3. The van der Waals surface area contributed by atoms with Crippen LogP contribution in [0.4, 0.5) is 4.79 Å². The number of likely N-dealkylation sites (tertiary alicyclic amines) is 1. The normalized spacial score (nSPS) is 22.9. The van der Waals surface area contributed by atoms with Crippen molar-refractivity contribution in [2.75, 3.05) is 26.2 Å². The van der Waals surface area contributed by atoms with Crippen LogP contribution in [0, 0.1) is 18.8 Å². The molecule has 5 unspecified atom stereocenters. The molecule has 6 rings (SSSR count). The number of carbonyl (C=O) groups excluding carboxylic acids is 3. The lowest BCUT2D eigenvalue weighted by Gasteiger charge is -2.31. The van der Waals surface area contributed by atoms with Crippen LogP contribution in [0.2, 0.25) is 0 Å². The van der Waals surface area contributed by atoms with E-state index < -0.39 is 60.7 Å². The van der Waals surface area contributed by atoms with Crippen LogP contribution >= 0.6 is 7.14 Å². The number of fused-ring (bicyclic) bond motifs is 1. The molecule has 55 heavy (non-hydrogen) atoms. The van der Waals surface area contributed by atoms with E-state index in [0.29, 0.717) is 16.8 Å². The largest absolute Gasteiger partial charge is 0.486 e. The molecule has 3 amide bonds. The molecule has 2 saturated carbocycles. The fraction of sp³-hybridized carbons (Fsp3) is 0.488. The summed E-state index contributed by atoms with van der Waals surface area (Å²) in [6.45, 7) is 12.6. The molecule has 3 N–H and O–H groups in total. The number of ether oxygens (including phenoxy) is 3. The number of carboxylic acid groups (broad SMARTS) is 1. The maximum atomic E-state index is 14.4. The summed E-state index contributed by atoms with van der Waals surface area (Å²) in [6.07, 6.45) is 3.61. The lowest BCUT2D eigenvalue weighted by Crippen LogP contribution is -2.57. The zero-order valence-corrected chi connectivity index (χ0v) is 33.0. The number of aliphatic carboxylic acids is 1. The van der Waals surface area contributed by atoms with Gasteiger partial charge in [0.25, 0.3) is 0 Å². The molecule has 13 nitrogen and oxygen atoms in total. The molecule has 3 fully saturated rings. The number of carboxylic acids is 1. The van der Waals surface area contributed by atoms with Crippen LogP contribution in [0.1, 0.15) is 57.9 Å². The molecule has 3 aliphatic rings. The number of hydrogen-bond donors (Lipinski definition) is 3. The van der Waals surface area contributed by atoms with E-state index in [9.17, 15) is 28.8 Å². The van der Waals surface area contributed by atoms with E-state index >= 15 is 0 Å². The SMILES string of the molecule is C=CC1CC1(NC(=O)C1CC(Oc2nc(-c3ccc(C)cc3)cc3cc(OCP(C)(C)=O)ccc23)CN1C(=O)C(NC(=O)OC1CCCC1)C(C)C)C(=O)O. The first-order chi connectivity index (χ1) is 26.1. The smallest absolute Gasteiger partial charge is 0.408 e. The number of aryl methyl sites for hydroxylation is 1. The molecule has 294 valence electrons. The van der Waals surface area contributed by atoms with Gasteiger partial charge in [-0.15, -0.1) is 6.58 Å². The fourth-order valence-electron chi connectivity index (χ4n) is 7.35. The number of nitrogens with zero attached hydrogens (tertiary/aromatic N) is 2. The van der Waals surface area contributed by atoms with Crippen molar-refractivity contribution < 1.29 is 43.1 Å². The van der Waals surface area contributed by atoms with E-state index in [4.69, 9.17) is 19.2 Å². The first kappa shape index (κ1) is 39.8. The van der Waals surface area contributed by atoms with Crippen molar-refractivity contribution in [3.63, 3.8) is 0 Å². The Morgan fingerprint density at radius 3 is 2.40 bits per heavy atom. The Morgan fingerprint density at radius 2 is 1.78 bits per heavy atom. The molecule has 0 spiro atoms. The summed E-state index contributed by atoms with van der Waals surface area (Å²) >= 11 is 0. The second-order valence-electron chi connectivity index (χ2n) is 15.9. The van der Waals surface area contributed by atoms with Crippen molar-refractivity contribution in [3.8, 4) is 22.9 Å². The summed E-state index contributed by atoms with van der Waals surface area (Å²) in [5, 5.41) is 16.9. The van der Waals surface area contributed by atoms with Crippen LogP contribution in [0.25, 0.3) is 22.0 Å². The highest BCUT2D eigenvalue weighted by Gasteiger charge is 2.61. The summed E-state index contributed by atoms with van der Waals surface area (Å²) in [4.78, 5) is 60.0. The van der Waals surface area contributed by atoms with Crippen molar-refractivity contribution in [3.05, 3.63) is 66.7 Å². The number of benzene rings is 2. The third-order valence-corrected chi connectivity index (χ3v) is 11.3. The van der Waals surface area contributed by atoms with Crippen molar-refractivity contribution in [2.45, 2.75) is 89.1 Å². The Labute approximate surface area is 321 Å². The third kappa shape index (κ3) is 9.15. The molecule has 1 aromatic heterocycles. The average Bonchev–Trinajstić information content (AvgIpc) is 3.39. The van der Waals surface area contributed by atoms with E-state index in [1.807, 2.05) is 43.3 Å². The monoisotopic (exact) mass is 774 g/mol. The second kappa shape index (κ2) is 16.1. The molecule has 5 atom stereocenters. The van der Waals surface area contributed by atoms with Gasteiger partial charge in [0.2, 0.25) is 17.7 Å². The first-order valence-corrected chi connectivity index (χ1v) is 21.7. The number of aromatic nitrogens is 1. The highest BCUT2D eigenvalue weighted by molar-refractivity contribution is 7.62. The van der Waals surface area contributed by atoms with Crippen LogP contribution in [0.3, 0.4) is 0 Å². The molecule has 2 aromatic carbocycles. The van der Waals surface area contributed by atoms with Gasteiger partial charge >= 0.3 is 12.1 Å². The Bertz CT molecular complexity index is 2010. The molecular formula is C41H51N4O9P. The lowest BCUT2D eigenvalue weighted by atomic mass is 10.0. The molecule has 1 saturated heterocycles. The quantitative estimate of drug-likeness (QED) is 0.124. The summed E-state index contributed by atoms with van der Waals surface area (Å²) in [5.74, 6) is -2.36. The van der Waals surface area contributed by atoms with Gasteiger partial charge in [-0.25, -0.2) is 14.6 Å².